The summed E-state index contributed by atoms with van der Waals surface area (Å²) in [6, 6.07) is 0. The van der Waals surface area contributed by atoms with E-state index in [1.807, 2.05) is 0 Å². The Balaban J connectivity index is 2.09. The molecule has 1 rings (SSSR count). The zero-order valence-electron chi connectivity index (χ0n) is 12.3. The van der Waals surface area contributed by atoms with Crippen molar-refractivity contribution < 1.29 is 14.6 Å². The van der Waals surface area contributed by atoms with E-state index >= 15 is 0 Å². The van der Waals surface area contributed by atoms with Crippen molar-refractivity contribution in [3.05, 3.63) is 0 Å². The molecule has 1 N–H and O–H groups in total. The first-order chi connectivity index (χ1) is 9.74. The maximum absolute atomic E-state index is 10.9. The number of hydrogen-bond acceptors (Lipinski definition) is 3. The van der Waals surface area contributed by atoms with E-state index in [4.69, 9.17) is 4.74 Å². The van der Waals surface area contributed by atoms with E-state index in [9.17, 15) is 9.90 Å². The molecule has 0 amide bonds. The minimum Gasteiger partial charge on any atom is -0.460 e. The van der Waals surface area contributed by atoms with Crippen molar-refractivity contribution in [2.24, 2.45) is 0 Å². The van der Waals surface area contributed by atoms with Gasteiger partial charge < -0.3 is 9.84 Å². The van der Waals surface area contributed by atoms with Crippen LogP contribution in [0.5, 0.6) is 0 Å². The van der Waals surface area contributed by atoms with Crippen LogP contribution in [0.2, 0.25) is 0 Å². The van der Waals surface area contributed by atoms with Gasteiger partial charge >= 0.3 is 5.97 Å². The first-order valence-corrected chi connectivity index (χ1v) is 7.57. The lowest BCUT2D eigenvalue weighted by Gasteiger charge is -2.13. The second kappa shape index (κ2) is 10.4. The van der Waals surface area contributed by atoms with E-state index in [1.54, 1.807) is 0 Å². The molecule has 1 aliphatic rings. The zero-order chi connectivity index (χ0) is 14.6. The number of rotatable bonds is 7. The highest BCUT2D eigenvalue weighted by Gasteiger charge is 2.29. The molecule has 1 saturated heterocycles. The van der Waals surface area contributed by atoms with Gasteiger partial charge in [-0.3, -0.25) is 4.79 Å². The van der Waals surface area contributed by atoms with Crippen LogP contribution < -0.4 is 0 Å². The highest BCUT2D eigenvalue weighted by molar-refractivity contribution is 5.71. The molecule has 2 atom stereocenters. The number of hydrogen-bond donors (Lipinski definition) is 1. The van der Waals surface area contributed by atoms with Crippen LogP contribution in [0.15, 0.2) is 0 Å². The summed E-state index contributed by atoms with van der Waals surface area (Å²) in [7, 11) is 0. The minimum atomic E-state index is -0.690. The van der Waals surface area contributed by atoms with Crippen molar-refractivity contribution >= 4 is 5.97 Å². The van der Waals surface area contributed by atoms with E-state index in [0.29, 0.717) is 19.3 Å². The highest BCUT2D eigenvalue weighted by atomic mass is 16.6. The van der Waals surface area contributed by atoms with Crippen molar-refractivity contribution in [3.8, 4) is 23.7 Å². The van der Waals surface area contributed by atoms with Crippen molar-refractivity contribution in [2.75, 3.05) is 0 Å². The minimum absolute atomic E-state index is 0.232. The van der Waals surface area contributed by atoms with Crippen LogP contribution in [0.1, 0.15) is 64.7 Å². The monoisotopic (exact) mass is 276 g/mol. The molecule has 3 heteroatoms. The van der Waals surface area contributed by atoms with Crippen LogP contribution in [0.4, 0.5) is 0 Å². The summed E-state index contributed by atoms with van der Waals surface area (Å²) in [6.07, 6.45) is 7.33. The molecule has 1 aliphatic heterocycles. The molecular weight excluding hydrogens is 252 g/mol. The lowest BCUT2D eigenvalue weighted by molar-refractivity contribution is -0.145. The lowest BCUT2D eigenvalue weighted by atomic mass is 10.1. The second-order valence-electron chi connectivity index (χ2n) is 5.11. The largest absolute Gasteiger partial charge is 0.460 e. The number of cyclic esters (lactones) is 1. The van der Waals surface area contributed by atoms with Gasteiger partial charge in [-0.2, -0.15) is 0 Å². The molecule has 0 bridgehead atoms. The fraction of sp³-hybridized carbons (Fsp3) is 0.706. The van der Waals surface area contributed by atoms with Crippen LogP contribution in [0.3, 0.4) is 0 Å². The summed E-state index contributed by atoms with van der Waals surface area (Å²) in [5.74, 6) is 11.2. The van der Waals surface area contributed by atoms with Gasteiger partial charge in [-0.05, 0) is 24.7 Å². The third-order valence-electron chi connectivity index (χ3n) is 3.30. The Morgan fingerprint density at radius 2 is 2.00 bits per heavy atom. The van der Waals surface area contributed by atoms with Gasteiger partial charge in [-0.25, -0.2) is 0 Å². The first kappa shape index (κ1) is 16.6. The normalized spacial score (nSPS) is 18.5. The Hall–Kier alpha value is -1.45. The molecule has 0 aromatic carbocycles. The molecule has 3 nitrogen and oxygen atoms in total. The number of aliphatic hydroxyl groups excluding tert-OH is 1. The van der Waals surface area contributed by atoms with Gasteiger partial charge in [-0.15, -0.1) is 0 Å². The standard InChI is InChI=1S/C17H24O3/c1-2-3-4-5-6-7-8-9-10-11-12-15(18)16-13-14-17(19)20-16/h15-16,18H,2-7,12-14H2,1H3/t15-,16-/m0/s1. The molecular formula is C17H24O3. The molecule has 20 heavy (non-hydrogen) atoms. The Morgan fingerprint density at radius 1 is 1.25 bits per heavy atom. The summed E-state index contributed by atoms with van der Waals surface area (Å²) in [6.45, 7) is 2.20. The van der Waals surface area contributed by atoms with Crippen molar-refractivity contribution in [2.45, 2.75) is 76.9 Å². The number of ether oxygens (including phenoxy) is 1. The third kappa shape index (κ3) is 7.22. The van der Waals surface area contributed by atoms with E-state index in [1.165, 1.54) is 25.7 Å². The van der Waals surface area contributed by atoms with E-state index < -0.39 is 6.10 Å². The van der Waals surface area contributed by atoms with Gasteiger partial charge in [0.05, 0.1) is 0 Å². The maximum atomic E-state index is 10.9. The zero-order valence-corrected chi connectivity index (χ0v) is 12.3. The number of carbonyl (C=O) groups excluding carboxylic acids is 1. The average Bonchev–Trinajstić information content (AvgIpc) is 2.87. The van der Waals surface area contributed by atoms with Gasteiger partial charge in [0.2, 0.25) is 0 Å². The van der Waals surface area contributed by atoms with Gasteiger partial charge in [-0.1, -0.05) is 44.4 Å². The smallest absolute Gasteiger partial charge is 0.306 e. The first-order valence-electron chi connectivity index (χ1n) is 7.57. The topological polar surface area (TPSA) is 46.5 Å². The van der Waals surface area contributed by atoms with Crippen LogP contribution in [-0.2, 0) is 9.53 Å². The average molecular weight is 276 g/mol. The van der Waals surface area contributed by atoms with Crippen molar-refractivity contribution in [1.29, 1.82) is 0 Å². The molecule has 0 radical (unpaired) electrons. The Labute approximate surface area is 122 Å². The summed E-state index contributed by atoms with van der Waals surface area (Å²) in [5, 5.41) is 9.76. The molecule has 0 aliphatic carbocycles. The summed E-state index contributed by atoms with van der Waals surface area (Å²) < 4.78 is 4.97. The molecule has 0 aromatic rings. The fourth-order valence-corrected chi connectivity index (χ4v) is 2.07. The molecule has 0 aromatic heterocycles. The molecule has 110 valence electrons. The van der Waals surface area contributed by atoms with E-state index in [2.05, 4.69) is 30.6 Å². The maximum Gasteiger partial charge on any atom is 0.306 e. The predicted octanol–water partition coefficient (Wildman–Crippen LogP) is 2.81. The SMILES string of the molecule is CCCCCCCC#CC#CC[C@H](O)[C@@H]1CCC(=O)O1. The van der Waals surface area contributed by atoms with Crippen LogP contribution in [-0.4, -0.2) is 23.3 Å². The quantitative estimate of drug-likeness (QED) is 0.442. The summed E-state index contributed by atoms with van der Waals surface area (Å²) in [5.41, 5.74) is 0. The Morgan fingerprint density at radius 3 is 2.70 bits per heavy atom. The van der Waals surface area contributed by atoms with Crippen LogP contribution in [0, 0.1) is 23.7 Å². The van der Waals surface area contributed by atoms with Gasteiger partial charge in [0.1, 0.15) is 12.2 Å². The molecule has 0 saturated carbocycles. The number of esters is 1. The summed E-state index contributed by atoms with van der Waals surface area (Å²) >= 11 is 0. The van der Waals surface area contributed by atoms with Crippen LogP contribution >= 0.6 is 0 Å². The van der Waals surface area contributed by atoms with Crippen molar-refractivity contribution in [3.63, 3.8) is 0 Å². The lowest BCUT2D eigenvalue weighted by Crippen LogP contribution is -2.25. The molecule has 1 heterocycles. The van der Waals surface area contributed by atoms with Gasteiger partial charge in [0.15, 0.2) is 0 Å². The Bertz CT molecular complexity index is 405. The number of unbranched alkanes of at least 4 members (excludes halogenated alkanes) is 5. The van der Waals surface area contributed by atoms with E-state index in [-0.39, 0.29) is 12.1 Å². The number of aliphatic hydroxyl groups is 1. The van der Waals surface area contributed by atoms with Crippen molar-refractivity contribution in [1.82, 2.24) is 0 Å². The third-order valence-corrected chi connectivity index (χ3v) is 3.30. The fourth-order valence-electron chi connectivity index (χ4n) is 2.07. The van der Waals surface area contributed by atoms with Gasteiger partial charge in [0, 0.05) is 19.3 Å². The number of carbonyl (C=O) groups is 1. The molecule has 1 fully saturated rings. The van der Waals surface area contributed by atoms with Gasteiger partial charge in [0.25, 0.3) is 0 Å². The molecule has 0 unspecified atom stereocenters. The Kier molecular flexibility index (Phi) is 8.59. The highest BCUT2D eigenvalue weighted by Crippen LogP contribution is 2.18. The van der Waals surface area contributed by atoms with E-state index in [0.717, 1.165) is 12.8 Å². The summed E-state index contributed by atoms with van der Waals surface area (Å²) in [4.78, 5) is 10.9. The van der Waals surface area contributed by atoms with Crippen LogP contribution in [0.25, 0.3) is 0 Å². The predicted molar refractivity (Wildman–Crippen MR) is 78.7 cm³/mol. The second-order valence-corrected chi connectivity index (χ2v) is 5.11. The molecule has 0 spiro atoms.